The molecule has 0 saturated carbocycles. The lowest BCUT2D eigenvalue weighted by Gasteiger charge is -2.20. The number of thioether (sulfide) groups is 1. The molecule has 0 aliphatic carbocycles. The van der Waals surface area contributed by atoms with Gasteiger partial charge in [0.25, 0.3) is 11.6 Å². The van der Waals surface area contributed by atoms with Gasteiger partial charge in [0, 0.05) is 24.1 Å². The Hall–Kier alpha value is -2.09. The Morgan fingerprint density at radius 1 is 1.45 bits per heavy atom. The van der Waals surface area contributed by atoms with Crippen LogP contribution in [0.25, 0.3) is 0 Å². The van der Waals surface area contributed by atoms with Gasteiger partial charge in [-0.1, -0.05) is 0 Å². The molecule has 1 aliphatic rings. The number of nitro groups is 1. The number of aliphatic carboxylic acids is 1. The smallest absolute Gasteiger partial charge is 0.311 e. The van der Waals surface area contributed by atoms with Crippen LogP contribution >= 0.6 is 11.8 Å². The maximum absolute atomic E-state index is 12.6. The number of carboxylic acids is 1. The van der Waals surface area contributed by atoms with Crippen LogP contribution in [0.1, 0.15) is 23.7 Å². The van der Waals surface area contributed by atoms with Crippen LogP contribution < -0.4 is 0 Å². The molecule has 1 N–H and O–H groups in total. The molecule has 0 radical (unpaired) electrons. The van der Waals surface area contributed by atoms with E-state index in [0.717, 1.165) is 4.90 Å². The number of hydrogen-bond donors (Lipinski definition) is 1. The molecule has 7 nitrogen and oxygen atoms in total. The van der Waals surface area contributed by atoms with E-state index in [-0.39, 0.29) is 24.3 Å². The number of nitrogens with zero attached hydrogens (tertiary/aromatic N) is 2. The molecule has 1 unspecified atom stereocenters. The van der Waals surface area contributed by atoms with E-state index in [9.17, 15) is 24.8 Å². The van der Waals surface area contributed by atoms with E-state index in [2.05, 4.69) is 0 Å². The first-order valence-corrected chi connectivity index (χ1v) is 7.86. The second-order valence-electron chi connectivity index (χ2n) is 5.48. The summed E-state index contributed by atoms with van der Waals surface area (Å²) in [5, 5.41) is 20.3. The highest BCUT2D eigenvalue weighted by Gasteiger charge is 2.43. The SMILES string of the molecule is CSc1ccc([N+](=O)[O-])c(C(=O)N2CCC(C)(C(=O)O)C2)c1. The van der Waals surface area contributed by atoms with Crippen molar-refractivity contribution in [2.45, 2.75) is 18.2 Å². The van der Waals surface area contributed by atoms with E-state index in [4.69, 9.17) is 0 Å². The Morgan fingerprint density at radius 2 is 2.14 bits per heavy atom. The standard InChI is InChI=1S/C14H16N2O5S/c1-14(13(18)19)5-6-15(8-14)12(17)10-7-9(22-2)3-4-11(10)16(20)21/h3-4,7H,5-6,8H2,1-2H3,(H,18,19). The number of likely N-dealkylation sites (tertiary alicyclic amines) is 1. The third kappa shape index (κ3) is 2.92. The quantitative estimate of drug-likeness (QED) is 0.518. The average molecular weight is 324 g/mol. The van der Waals surface area contributed by atoms with E-state index in [1.165, 1.54) is 28.8 Å². The Labute approximate surface area is 131 Å². The fourth-order valence-corrected chi connectivity index (χ4v) is 2.89. The largest absolute Gasteiger partial charge is 0.481 e. The Kier molecular flexibility index (Phi) is 4.41. The van der Waals surface area contributed by atoms with Crippen LogP contribution in [0.15, 0.2) is 23.1 Å². The van der Waals surface area contributed by atoms with Crippen LogP contribution in [-0.2, 0) is 4.79 Å². The molecule has 8 heteroatoms. The summed E-state index contributed by atoms with van der Waals surface area (Å²) in [4.78, 5) is 36.5. The fraction of sp³-hybridized carbons (Fsp3) is 0.429. The van der Waals surface area contributed by atoms with Gasteiger partial charge in [-0.2, -0.15) is 0 Å². The molecule has 1 heterocycles. The van der Waals surface area contributed by atoms with Gasteiger partial charge in [0.1, 0.15) is 5.56 Å². The van der Waals surface area contributed by atoms with Gasteiger partial charge in [-0.15, -0.1) is 11.8 Å². The van der Waals surface area contributed by atoms with Crippen LogP contribution in [0.4, 0.5) is 5.69 Å². The predicted octanol–water partition coefficient (Wildman–Crippen LogP) is 2.25. The van der Waals surface area contributed by atoms with E-state index in [0.29, 0.717) is 6.42 Å². The molecule has 0 aromatic heterocycles. The van der Waals surface area contributed by atoms with Crippen molar-refractivity contribution in [3.63, 3.8) is 0 Å². The summed E-state index contributed by atoms with van der Waals surface area (Å²) in [6.07, 6.45) is 2.15. The van der Waals surface area contributed by atoms with Gasteiger partial charge in [0.05, 0.1) is 10.3 Å². The number of nitro benzene ring substituents is 1. The summed E-state index contributed by atoms with van der Waals surface area (Å²) in [6.45, 7) is 1.92. The Morgan fingerprint density at radius 3 is 2.64 bits per heavy atom. The number of carbonyl (C=O) groups excluding carboxylic acids is 1. The zero-order valence-corrected chi connectivity index (χ0v) is 13.1. The molecule has 1 saturated heterocycles. The maximum atomic E-state index is 12.6. The van der Waals surface area contributed by atoms with E-state index in [1.54, 1.807) is 13.0 Å². The first-order valence-electron chi connectivity index (χ1n) is 6.63. The van der Waals surface area contributed by atoms with E-state index < -0.39 is 22.2 Å². The molecule has 0 bridgehead atoms. The fourth-order valence-electron chi connectivity index (χ4n) is 2.45. The van der Waals surface area contributed by atoms with Crippen molar-refractivity contribution in [3.8, 4) is 0 Å². The van der Waals surface area contributed by atoms with Gasteiger partial charge in [0.15, 0.2) is 0 Å². The van der Waals surface area contributed by atoms with Crippen molar-refractivity contribution in [2.75, 3.05) is 19.3 Å². The topological polar surface area (TPSA) is 101 Å². The van der Waals surface area contributed by atoms with Crippen molar-refractivity contribution in [1.29, 1.82) is 0 Å². The Balaban J connectivity index is 2.34. The van der Waals surface area contributed by atoms with Crippen molar-refractivity contribution in [3.05, 3.63) is 33.9 Å². The summed E-state index contributed by atoms with van der Waals surface area (Å²) < 4.78 is 0. The highest BCUT2D eigenvalue weighted by atomic mass is 32.2. The molecule has 1 fully saturated rings. The second-order valence-corrected chi connectivity index (χ2v) is 6.36. The highest BCUT2D eigenvalue weighted by molar-refractivity contribution is 7.98. The van der Waals surface area contributed by atoms with Crippen LogP contribution in [0.2, 0.25) is 0 Å². The molecule has 2 rings (SSSR count). The van der Waals surface area contributed by atoms with Crippen molar-refractivity contribution in [1.82, 2.24) is 4.90 Å². The van der Waals surface area contributed by atoms with Crippen molar-refractivity contribution in [2.24, 2.45) is 5.41 Å². The molecule has 1 aromatic rings. The van der Waals surface area contributed by atoms with Gasteiger partial charge in [-0.25, -0.2) is 0 Å². The molecular formula is C14H16N2O5S. The summed E-state index contributed by atoms with van der Waals surface area (Å²) in [6, 6.07) is 4.39. The first-order chi connectivity index (χ1) is 10.3. The summed E-state index contributed by atoms with van der Waals surface area (Å²) in [7, 11) is 0. The lowest BCUT2D eigenvalue weighted by molar-refractivity contribution is -0.385. The van der Waals surface area contributed by atoms with E-state index in [1.807, 2.05) is 6.26 Å². The minimum Gasteiger partial charge on any atom is -0.481 e. The number of amides is 1. The zero-order chi connectivity index (χ0) is 16.5. The lowest BCUT2D eigenvalue weighted by Crippen LogP contribution is -2.35. The molecule has 1 aromatic carbocycles. The summed E-state index contributed by atoms with van der Waals surface area (Å²) in [5.74, 6) is -1.46. The maximum Gasteiger partial charge on any atom is 0.311 e. The van der Waals surface area contributed by atoms with E-state index >= 15 is 0 Å². The summed E-state index contributed by atoms with van der Waals surface area (Å²) in [5.41, 5.74) is -1.25. The van der Waals surface area contributed by atoms with Crippen LogP contribution in [-0.4, -0.2) is 46.2 Å². The van der Waals surface area contributed by atoms with Gasteiger partial charge in [-0.05, 0) is 31.7 Å². The zero-order valence-electron chi connectivity index (χ0n) is 12.2. The number of rotatable bonds is 4. The first kappa shape index (κ1) is 16.3. The molecule has 118 valence electrons. The minimum absolute atomic E-state index is 0.00601. The number of carboxylic acid groups (broad SMARTS) is 1. The van der Waals surface area contributed by atoms with Crippen molar-refractivity contribution >= 4 is 29.3 Å². The number of carbonyl (C=O) groups is 2. The third-order valence-electron chi connectivity index (χ3n) is 3.91. The number of benzene rings is 1. The highest BCUT2D eigenvalue weighted by Crippen LogP contribution is 2.33. The van der Waals surface area contributed by atoms with Gasteiger partial charge in [-0.3, -0.25) is 19.7 Å². The molecule has 1 amide bonds. The number of hydrogen-bond acceptors (Lipinski definition) is 5. The monoisotopic (exact) mass is 324 g/mol. The Bertz CT molecular complexity index is 648. The normalized spacial score (nSPS) is 20.9. The molecule has 22 heavy (non-hydrogen) atoms. The van der Waals surface area contributed by atoms with Gasteiger partial charge in [0.2, 0.25) is 0 Å². The average Bonchev–Trinajstić information content (AvgIpc) is 2.89. The molecular weight excluding hydrogens is 308 g/mol. The molecule has 1 atom stereocenters. The van der Waals surface area contributed by atoms with Crippen LogP contribution in [0.3, 0.4) is 0 Å². The van der Waals surface area contributed by atoms with Gasteiger partial charge >= 0.3 is 5.97 Å². The lowest BCUT2D eigenvalue weighted by atomic mass is 9.90. The second kappa shape index (κ2) is 5.96. The third-order valence-corrected chi connectivity index (χ3v) is 4.63. The minimum atomic E-state index is -0.998. The van der Waals surface area contributed by atoms with Crippen LogP contribution in [0, 0.1) is 15.5 Å². The molecule has 0 spiro atoms. The molecule has 1 aliphatic heterocycles. The van der Waals surface area contributed by atoms with Crippen molar-refractivity contribution < 1.29 is 19.6 Å². The summed E-state index contributed by atoms with van der Waals surface area (Å²) >= 11 is 1.38. The predicted molar refractivity (Wildman–Crippen MR) is 81.1 cm³/mol. The van der Waals surface area contributed by atoms with Gasteiger partial charge < -0.3 is 10.0 Å². The van der Waals surface area contributed by atoms with Crippen LogP contribution in [0.5, 0.6) is 0 Å².